The molecule has 0 atom stereocenters. The van der Waals surface area contributed by atoms with Gasteiger partial charge in [0.15, 0.2) is 0 Å². The first-order valence-corrected chi connectivity index (χ1v) is 5.11. The second-order valence-corrected chi connectivity index (χ2v) is 3.81. The molecule has 2 rings (SSSR count). The van der Waals surface area contributed by atoms with Gasteiger partial charge in [-0.05, 0) is 22.4 Å². The topological polar surface area (TPSA) is 23.8 Å². The Labute approximate surface area is 94.0 Å². The largest absolute Gasteiger partial charge is 0.198 e. The molecule has 2 heteroatoms. The predicted molar refractivity (Wildman–Crippen MR) is 65.9 cm³/mol. The van der Waals surface area contributed by atoms with Gasteiger partial charge < -0.3 is 0 Å². The molecule has 0 N–H and O–H groups in total. The highest BCUT2D eigenvalue weighted by Crippen LogP contribution is 2.16. The van der Waals surface area contributed by atoms with Crippen LogP contribution in [0, 0.1) is 11.3 Å². The third kappa shape index (κ3) is 2.03. The molecule has 0 fully saturated rings. The quantitative estimate of drug-likeness (QED) is 0.561. The van der Waals surface area contributed by atoms with E-state index < -0.39 is 0 Å². The second-order valence-electron chi connectivity index (χ2n) is 3.32. The maximum atomic E-state index is 8.57. The number of hydrogen-bond donors (Lipinski definition) is 0. The van der Waals surface area contributed by atoms with Crippen molar-refractivity contribution in [3.05, 3.63) is 48.0 Å². The van der Waals surface area contributed by atoms with E-state index in [4.69, 9.17) is 17.5 Å². The summed E-state index contributed by atoms with van der Waals surface area (Å²) in [6, 6.07) is 16.2. The Morgan fingerprint density at radius 3 is 2.60 bits per heavy atom. The molecule has 1 nitrogen and oxygen atoms in total. The van der Waals surface area contributed by atoms with E-state index in [9.17, 15) is 0 Å². The van der Waals surface area contributed by atoms with E-state index in [0.29, 0.717) is 11.3 Å². The minimum absolute atomic E-state index is 0.313. The van der Waals surface area contributed by atoms with Crippen LogP contribution in [0.4, 0.5) is 0 Å². The predicted octanol–water partition coefficient (Wildman–Crippen LogP) is 3.47. The van der Waals surface area contributed by atoms with Crippen LogP contribution in [0.25, 0.3) is 10.8 Å². The number of rotatable bonds is 2. The minimum Gasteiger partial charge on any atom is -0.198 e. The molecule has 2 aromatic rings. The normalized spacial score (nSPS) is 9.80. The number of hydrogen-bond acceptors (Lipinski definition) is 2. The van der Waals surface area contributed by atoms with Crippen molar-refractivity contribution in [3.8, 4) is 6.07 Å². The van der Waals surface area contributed by atoms with Crippen LogP contribution in [0.15, 0.2) is 42.5 Å². The molecule has 0 aliphatic heterocycles. The van der Waals surface area contributed by atoms with Gasteiger partial charge in [-0.2, -0.15) is 5.26 Å². The molecule has 0 unspecified atom stereocenters. The molecule has 0 saturated heterocycles. The molecule has 72 valence electrons. The van der Waals surface area contributed by atoms with Gasteiger partial charge in [0.05, 0.1) is 12.5 Å². The van der Waals surface area contributed by atoms with Crippen molar-refractivity contribution in [2.45, 2.75) is 6.42 Å². The zero-order valence-electron chi connectivity index (χ0n) is 8.10. The summed E-state index contributed by atoms with van der Waals surface area (Å²) in [5, 5.41) is 10.9. The molecular formula is C13H9NS. The first kappa shape index (κ1) is 9.82. The highest BCUT2D eigenvalue weighted by Gasteiger charge is 2.01. The monoisotopic (exact) mass is 211 g/mol. The van der Waals surface area contributed by atoms with Crippen LogP contribution in [0.5, 0.6) is 0 Å². The van der Waals surface area contributed by atoms with Crippen LogP contribution in [-0.4, -0.2) is 4.86 Å². The highest BCUT2D eigenvalue weighted by atomic mass is 32.1. The molecule has 0 radical (unpaired) electrons. The minimum atomic E-state index is 0.313. The lowest BCUT2D eigenvalue weighted by molar-refractivity contribution is 1.42. The van der Waals surface area contributed by atoms with Gasteiger partial charge >= 0.3 is 0 Å². The van der Waals surface area contributed by atoms with Gasteiger partial charge in [0.25, 0.3) is 0 Å². The summed E-state index contributed by atoms with van der Waals surface area (Å²) < 4.78 is 0. The fourth-order valence-electron chi connectivity index (χ4n) is 1.54. The van der Waals surface area contributed by atoms with Crippen LogP contribution in [0.1, 0.15) is 12.0 Å². The standard InChI is InChI=1S/C13H9NS/c14-8-7-13(15)12-6-5-10-3-1-2-4-11(10)9-12/h1-6,9H,7H2. The summed E-state index contributed by atoms with van der Waals surface area (Å²) in [5.41, 5.74) is 0.977. The average molecular weight is 211 g/mol. The van der Waals surface area contributed by atoms with Crippen LogP contribution in [-0.2, 0) is 0 Å². The summed E-state index contributed by atoms with van der Waals surface area (Å²) in [5.74, 6) is 0. The molecule has 0 aliphatic carbocycles. The lowest BCUT2D eigenvalue weighted by atomic mass is 10.0. The Bertz CT molecular complexity index is 552. The zero-order chi connectivity index (χ0) is 10.7. The Balaban J connectivity index is 2.48. The molecule has 0 spiro atoms. The van der Waals surface area contributed by atoms with Crippen molar-refractivity contribution in [1.29, 1.82) is 5.26 Å². The van der Waals surface area contributed by atoms with Gasteiger partial charge in [-0.1, -0.05) is 48.6 Å². The van der Waals surface area contributed by atoms with Gasteiger partial charge in [0.2, 0.25) is 0 Å². The van der Waals surface area contributed by atoms with E-state index >= 15 is 0 Å². The Kier molecular flexibility index (Phi) is 2.75. The van der Waals surface area contributed by atoms with Crippen molar-refractivity contribution >= 4 is 27.9 Å². The van der Waals surface area contributed by atoms with Crippen molar-refractivity contribution in [1.82, 2.24) is 0 Å². The summed E-state index contributed by atoms with van der Waals surface area (Å²) in [6.07, 6.45) is 0.313. The number of fused-ring (bicyclic) bond motifs is 1. The summed E-state index contributed by atoms with van der Waals surface area (Å²) >= 11 is 5.16. The fourth-order valence-corrected chi connectivity index (χ4v) is 1.73. The van der Waals surface area contributed by atoms with E-state index in [2.05, 4.69) is 12.1 Å². The Morgan fingerprint density at radius 2 is 1.87 bits per heavy atom. The lowest BCUT2D eigenvalue weighted by Crippen LogP contribution is -1.94. The van der Waals surface area contributed by atoms with E-state index in [0.717, 1.165) is 10.9 Å². The van der Waals surface area contributed by atoms with Gasteiger partial charge in [0, 0.05) is 4.86 Å². The molecule has 15 heavy (non-hydrogen) atoms. The van der Waals surface area contributed by atoms with E-state index in [1.807, 2.05) is 36.4 Å². The number of benzene rings is 2. The number of nitriles is 1. The van der Waals surface area contributed by atoms with Crippen LogP contribution in [0.2, 0.25) is 0 Å². The van der Waals surface area contributed by atoms with Crippen molar-refractivity contribution in [2.24, 2.45) is 0 Å². The van der Waals surface area contributed by atoms with Crippen LogP contribution in [0.3, 0.4) is 0 Å². The lowest BCUT2D eigenvalue weighted by Gasteiger charge is -2.02. The first-order chi connectivity index (χ1) is 7.31. The van der Waals surface area contributed by atoms with Crippen molar-refractivity contribution < 1.29 is 0 Å². The van der Waals surface area contributed by atoms with Crippen molar-refractivity contribution in [2.75, 3.05) is 0 Å². The van der Waals surface area contributed by atoms with Gasteiger partial charge in [-0.15, -0.1) is 0 Å². The zero-order valence-corrected chi connectivity index (χ0v) is 8.92. The highest BCUT2D eigenvalue weighted by molar-refractivity contribution is 7.80. The third-order valence-corrected chi connectivity index (χ3v) is 2.69. The fraction of sp³-hybridized carbons (Fsp3) is 0.0769. The first-order valence-electron chi connectivity index (χ1n) is 4.70. The molecular weight excluding hydrogens is 202 g/mol. The molecule has 0 amide bonds. The molecule has 0 heterocycles. The average Bonchev–Trinajstić information content (AvgIpc) is 2.29. The molecule has 2 aromatic carbocycles. The molecule has 0 bridgehead atoms. The number of thiocarbonyl (C=S) groups is 1. The molecule has 0 aromatic heterocycles. The van der Waals surface area contributed by atoms with Crippen LogP contribution < -0.4 is 0 Å². The van der Waals surface area contributed by atoms with E-state index in [-0.39, 0.29) is 0 Å². The van der Waals surface area contributed by atoms with Gasteiger partial charge in [0.1, 0.15) is 0 Å². The molecule has 0 saturated carbocycles. The van der Waals surface area contributed by atoms with E-state index in [1.165, 1.54) is 5.39 Å². The number of nitrogens with zero attached hydrogens (tertiary/aromatic N) is 1. The SMILES string of the molecule is N#CCC(=S)c1ccc2ccccc2c1. The van der Waals surface area contributed by atoms with Crippen LogP contribution >= 0.6 is 12.2 Å². The van der Waals surface area contributed by atoms with Gasteiger partial charge in [-0.3, -0.25) is 0 Å². The third-order valence-electron chi connectivity index (χ3n) is 2.31. The maximum Gasteiger partial charge on any atom is 0.0710 e. The summed E-state index contributed by atoms with van der Waals surface area (Å²) in [6.45, 7) is 0. The Hall–Kier alpha value is -1.72. The molecule has 0 aliphatic rings. The van der Waals surface area contributed by atoms with E-state index in [1.54, 1.807) is 0 Å². The second kappa shape index (κ2) is 4.20. The van der Waals surface area contributed by atoms with Gasteiger partial charge in [-0.25, -0.2) is 0 Å². The van der Waals surface area contributed by atoms with Crippen molar-refractivity contribution in [3.63, 3.8) is 0 Å². The smallest absolute Gasteiger partial charge is 0.0710 e. The summed E-state index contributed by atoms with van der Waals surface area (Å²) in [7, 11) is 0. The Morgan fingerprint density at radius 1 is 1.13 bits per heavy atom. The summed E-state index contributed by atoms with van der Waals surface area (Å²) in [4.78, 5) is 0.711. The maximum absolute atomic E-state index is 8.57.